The zero-order valence-corrected chi connectivity index (χ0v) is 15.8. The Bertz CT molecular complexity index is 763. The van der Waals surface area contributed by atoms with Crippen molar-refractivity contribution in [2.45, 2.75) is 52.1 Å². The number of rotatable bonds is 1. The fourth-order valence-electron chi connectivity index (χ4n) is 6.32. The molecule has 4 aliphatic carbocycles. The molecule has 0 aliphatic heterocycles. The van der Waals surface area contributed by atoms with Crippen LogP contribution in [0, 0.1) is 28.6 Å². The summed E-state index contributed by atoms with van der Waals surface area (Å²) in [6.07, 6.45) is 10.6. The van der Waals surface area contributed by atoms with E-state index in [0.29, 0.717) is 17.4 Å². The summed E-state index contributed by atoms with van der Waals surface area (Å²) in [6.45, 7) is 5.77. The summed E-state index contributed by atoms with van der Waals surface area (Å²) >= 11 is 6.61. The number of halogens is 1. The second-order valence-corrected chi connectivity index (χ2v) is 9.20. The van der Waals surface area contributed by atoms with E-state index in [9.17, 15) is 14.7 Å². The number of Topliss-reactive ketones (excluding diaryl/α,β-unsaturated/α-hetero) is 1. The van der Waals surface area contributed by atoms with Gasteiger partial charge in [-0.25, -0.2) is 0 Å². The first-order chi connectivity index (χ1) is 11.6. The third kappa shape index (κ3) is 2.03. The Morgan fingerprint density at radius 2 is 1.92 bits per heavy atom. The lowest BCUT2D eigenvalue weighted by Crippen LogP contribution is -2.56. The zero-order valence-electron chi connectivity index (χ0n) is 15.0. The highest BCUT2D eigenvalue weighted by atomic mass is 35.5. The summed E-state index contributed by atoms with van der Waals surface area (Å²) < 4.78 is 0. The van der Waals surface area contributed by atoms with E-state index < -0.39 is 11.0 Å². The van der Waals surface area contributed by atoms with Gasteiger partial charge in [0.05, 0.1) is 0 Å². The predicted octanol–water partition coefficient (Wildman–Crippen LogP) is 3.96. The second-order valence-electron chi connectivity index (χ2n) is 8.79. The van der Waals surface area contributed by atoms with Gasteiger partial charge in [-0.15, -0.1) is 0 Å². The summed E-state index contributed by atoms with van der Waals surface area (Å²) in [4.78, 5) is 24.1. The summed E-state index contributed by atoms with van der Waals surface area (Å²) in [5.41, 5.74) is -0.952. The predicted molar refractivity (Wildman–Crippen MR) is 96.9 cm³/mol. The third-order valence-corrected chi connectivity index (χ3v) is 8.22. The molecule has 2 saturated carbocycles. The summed E-state index contributed by atoms with van der Waals surface area (Å²) in [6, 6.07) is 0. The largest absolute Gasteiger partial charge is 0.382 e. The summed E-state index contributed by atoms with van der Waals surface area (Å²) in [5, 5.41) is 11.8. The van der Waals surface area contributed by atoms with Crippen molar-refractivity contribution in [3.8, 4) is 0 Å². The molecule has 0 radical (unpaired) electrons. The third-order valence-electron chi connectivity index (χ3n) is 7.89. The molecular formula is C21H25ClO3. The first kappa shape index (κ1) is 17.2. The van der Waals surface area contributed by atoms with Gasteiger partial charge in [0.15, 0.2) is 11.6 Å². The lowest BCUT2D eigenvalue weighted by Gasteiger charge is -2.56. The molecule has 0 heterocycles. The molecule has 0 aromatic carbocycles. The van der Waals surface area contributed by atoms with Crippen LogP contribution >= 0.6 is 11.6 Å². The molecule has 4 aliphatic rings. The molecule has 1 N–H and O–H groups in total. The van der Waals surface area contributed by atoms with E-state index in [-0.39, 0.29) is 28.8 Å². The van der Waals surface area contributed by atoms with Crippen molar-refractivity contribution in [2.24, 2.45) is 28.6 Å². The number of fused-ring (bicyclic) bond motifs is 5. The van der Waals surface area contributed by atoms with Gasteiger partial charge in [-0.3, -0.25) is 9.59 Å². The van der Waals surface area contributed by atoms with E-state index in [2.05, 4.69) is 19.9 Å². The van der Waals surface area contributed by atoms with E-state index in [1.807, 2.05) is 6.08 Å². The van der Waals surface area contributed by atoms with Crippen LogP contribution in [0.4, 0.5) is 0 Å². The minimum Gasteiger partial charge on any atom is -0.382 e. The van der Waals surface area contributed by atoms with Crippen LogP contribution in [0.2, 0.25) is 0 Å². The lowest BCUT2D eigenvalue weighted by atomic mass is 9.49. The molecule has 0 aromatic heterocycles. The van der Waals surface area contributed by atoms with Crippen LogP contribution in [0.15, 0.2) is 34.9 Å². The Hall–Kier alpha value is -1.19. The smallest absolute Gasteiger partial charge is 0.178 e. The monoisotopic (exact) mass is 360 g/mol. The topological polar surface area (TPSA) is 54.4 Å². The minimum atomic E-state index is -1.22. The molecule has 4 rings (SSSR count). The number of carbonyl (C=O) groups excluding carboxylic acids is 2. The molecular weight excluding hydrogens is 336 g/mol. The minimum absolute atomic E-state index is 0.00931. The van der Waals surface area contributed by atoms with Gasteiger partial charge in [0.25, 0.3) is 0 Å². The number of carbonyl (C=O) groups is 2. The Morgan fingerprint density at radius 1 is 1.24 bits per heavy atom. The normalized spacial score (nSPS) is 48.2. The van der Waals surface area contributed by atoms with Gasteiger partial charge in [0, 0.05) is 15.9 Å². The number of ketones is 2. The molecule has 4 heteroatoms. The Balaban J connectivity index is 1.81. The van der Waals surface area contributed by atoms with Gasteiger partial charge < -0.3 is 5.11 Å². The molecule has 0 bridgehead atoms. The van der Waals surface area contributed by atoms with Crippen LogP contribution in [-0.4, -0.2) is 22.3 Å². The van der Waals surface area contributed by atoms with Crippen molar-refractivity contribution in [2.75, 3.05) is 0 Å². The highest BCUT2D eigenvalue weighted by Gasteiger charge is 2.65. The van der Waals surface area contributed by atoms with Gasteiger partial charge in [0.1, 0.15) is 5.60 Å². The van der Waals surface area contributed by atoms with Crippen LogP contribution in [0.1, 0.15) is 46.5 Å². The Kier molecular flexibility index (Phi) is 3.56. The average molecular weight is 361 g/mol. The molecule has 2 fully saturated rings. The number of hydrogen-bond donors (Lipinski definition) is 1. The molecule has 3 unspecified atom stereocenters. The van der Waals surface area contributed by atoms with E-state index in [4.69, 9.17) is 11.6 Å². The number of aliphatic hydroxyl groups is 1. The number of allylic oxidation sites excluding steroid dienone is 6. The van der Waals surface area contributed by atoms with E-state index in [1.54, 1.807) is 12.2 Å². The highest BCUT2D eigenvalue weighted by Crippen LogP contribution is 2.66. The standard InChI is InChI=1S/C21H25ClO3/c1-12(23)21(25)9-6-16-14-11-18(22)17-10-13(24)4-7-19(17,2)15(14)5-8-20(16,21)3/h4,7,10-11,14-16,25H,5-6,8-9H2,1-3H3/t14?,15?,16?,19-,20+,21+/m1/s1. The molecule has 25 heavy (non-hydrogen) atoms. The van der Waals surface area contributed by atoms with Crippen molar-refractivity contribution in [3.05, 3.63) is 34.9 Å². The van der Waals surface area contributed by atoms with E-state index >= 15 is 0 Å². The maximum Gasteiger partial charge on any atom is 0.178 e. The molecule has 0 saturated heterocycles. The zero-order chi connectivity index (χ0) is 18.2. The maximum atomic E-state index is 12.2. The SMILES string of the molecule is CC(=O)[C@@]1(O)CCC2C3C=C(Cl)C4=CC(=O)C=C[C@]4(C)C3CC[C@@]21C. The van der Waals surface area contributed by atoms with Crippen molar-refractivity contribution in [1.29, 1.82) is 0 Å². The maximum absolute atomic E-state index is 12.2. The highest BCUT2D eigenvalue weighted by molar-refractivity contribution is 6.32. The van der Waals surface area contributed by atoms with Gasteiger partial charge in [-0.2, -0.15) is 0 Å². The van der Waals surface area contributed by atoms with Crippen molar-refractivity contribution in [1.82, 2.24) is 0 Å². The van der Waals surface area contributed by atoms with Gasteiger partial charge in [-0.05, 0) is 68.1 Å². The van der Waals surface area contributed by atoms with E-state index in [1.165, 1.54) is 6.92 Å². The van der Waals surface area contributed by atoms with Crippen LogP contribution in [0.3, 0.4) is 0 Å². The molecule has 134 valence electrons. The quantitative estimate of drug-likeness (QED) is 0.770. The van der Waals surface area contributed by atoms with Gasteiger partial charge in [-0.1, -0.05) is 37.6 Å². The van der Waals surface area contributed by atoms with Crippen molar-refractivity contribution in [3.63, 3.8) is 0 Å². The second kappa shape index (κ2) is 5.17. The Labute approximate surface area is 153 Å². The molecule has 0 aromatic rings. The lowest BCUT2D eigenvalue weighted by molar-refractivity contribution is -0.155. The summed E-state index contributed by atoms with van der Waals surface area (Å²) in [7, 11) is 0. The fourth-order valence-corrected chi connectivity index (χ4v) is 6.73. The van der Waals surface area contributed by atoms with Crippen molar-refractivity contribution >= 4 is 23.2 Å². The van der Waals surface area contributed by atoms with Crippen LogP contribution in [0.25, 0.3) is 0 Å². The first-order valence-corrected chi connectivity index (χ1v) is 9.58. The average Bonchev–Trinajstić information content (AvgIpc) is 2.83. The molecule has 3 nitrogen and oxygen atoms in total. The van der Waals surface area contributed by atoms with Crippen molar-refractivity contribution < 1.29 is 14.7 Å². The molecule has 0 amide bonds. The Morgan fingerprint density at radius 3 is 2.60 bits per heavy atom. The molecule has 6 atom stereocenters. The van der Waals surface area contributed by atoms with Crippen LogP contribution < -0.4 is 0 Å². The van der Waals surface area contributed by atoms with E-state index in [0.717, 1.165) is 24.8 Å². The van der Waals surface area contributed by atoms with Gasteiger partial charge >= 0.3 is 0 Å². The van der Waals surface area contributed by atoms with Gasteiger partial charge in [0.2, 0.25) is 0 Å². The first-order valence-electron chi connectivity index (χ1n) is 9.20. The van der Waals surface area contributed by atoms with Crippen LogP contribution in [0.5, 0.6) is 0 Å². The van der Waals surface area contributed by atoms with Crippen LogP contribution in [-0.2, 0) is 9.59 Å². The molecule has 0 spiro atoms. The number of hydrogen-bond acceptors (Lipinski definition) is 3. The summed E-state index contributed by atoms with van der Waals surface area (Å²) in [5.74, 6) is 0.678. The fraction of sp³-hybridized carbons (Fsp3) is 0.619.